The fraction of sp³-hybridized carbons (Fsp3) is 0.333. The average Bonchev–Trinajstić information content (AvgIpc) is 2.16. The zero-order chi connectivity index (χ0) is 9.84. The Morgan fingerprint density at radius 1 is 1.38 bits per heavy atom. The predicted octanol–water partition coefficient (Wildman–Crippen LogP) is 0.933. The summed E-state index contributed by atoms with van der Waals surface area (Å²) in [5.74, 6) is 0. The minimum atomic E-state index is -0.421. The van der Waals surface area contributed by atoms with Crippen LogP contribution in [0, 0.1) is 0 Å². The minimum absolute atomic E-state index is 0.0670. The molecule has 0 saturated heterocycles. The van der Waals surface area contributed by atoms with Crippen molar-refractivity contribution in [3.63, 3.8) is 0 Å². The molecule has 0 aliphatic heterocycles. The predicted molar refractivity (Wildman–Crippen MR) is 54.1 cm³/mol. The highest BCUT2D eigenvalue weighted by molar-refractivity contribution is 9.10. The molecule has 0 saturated carbocycles. The van der Waals surface area contributed by atoms with E-state index in [1.165, 1.54) is 0 Å². The third-order valence-electron chi connectivity index (χ3n) is 1.87. The minimum Gasteiger partial charge on any atom is -0.394 e. The second-order valence-electron chi connectivity index (χ2n) is 2.79. The van der Waals surface area contributed by atoms with E-state index in [-0.39, 0.29) is 13.2 Å². The first kappa shape index (κ1) is 10.7. The van der Waals surface area contributed by atoms with Crippen molar-refractivity contribution in [2.45, 2.75) is 12.6 Å². The molecule has 1 rings (SSSR count). The number of aliphatic hydroxyl groups is 2. The molecule has 0 aliphatic rings. The molecule has 13 heavy (non-hydrogen) atoms. The molecule has 0 radical (unpaired) electrons. The van der Waals surface area contributed by atoms with Gasteiger partial charge in [0.1, 0.15) is 0 Å². The summed E-state index contributed by atoms with van der Waals surface area (Å²) < 4.78 is 0.894. The standard InChI is InChI=1S/C9H12BrNO2/c10-7-1-2-8(9(11)5-13)6(3-7)4-12/h1-3,9,12-13H,4-5,11H2/t9-/m0/s1. The fourth-order valence-corrected chi connectivity index (χ4v) is 1.58. The van der Waals surface area contributed by atoms with E-state index in [0.717, 1.165) is 15.6 Å². The van der Waals surface area contributed by atoms with Gasteiger partial charge >= 0.3 is 0 Å². The molecule has 72 valence electrons. The average molecular weight is 246 g/mol. The maximum absolute atomic E-state index is 9.03. The van der Waals surface area contributed by atoms with Crippen LogP contribution >= 0.6 is 15.9 Å². The van der Waals surface area contributed by atoms with E-state index in [1.54, 1.807) is 12.1 Å². The van der Waals surface area contributed by atoms with Crippen molar-refractivity contribution < 1.29 is 10.2 Å². The number of hydrogen-bond donors (Lipinski definition) is 3. The van der Waals surface area contributed by atoms with Crippen molar-refractivity contribution in [3.8, 4) is 0 Å². The molecule has 0 unspecified atom stereocenters. The summed E-state index contributed by atoms with van der Waals surface area (Å²) in [6, 6.07) is 5.01. The summed E-state index contributed by atoms with van der Waals surface area (Å²) in [6.07, 6.45) is 0. The van der Waals surface area contributed by atoms with E-state index < -0.39 is 6.04 Å². The molecule has 3 nitrogen and oxygen atoms in total. The number of nitrogens with two attached hydrogens (primary N) is 1. The zero-order valence-electron chi connectivity index (χ0n) is 7.07. The number of benzene rings is 1. The maximum Gasteiger partial charge on any atom is 0.0685 e. The second kappa shape index (κ2) is 4.72. The smallest absolute Gasteiger partial charge is 0.0685 e. The van der Waals surface area contributed by atoms with E-state index in [1.807, 2.05) is 6.07 Å². The van der Waals surface area contributed by atoms with E-state index in [9.17, 15) is 0 Å². The van der Waals surface area contributed by atoms with Crippen molar-refractivity contribution in [1.82, 2.24) is 0 Å². The molecular weight excluding hydrogens is 234 g/mol. The topological polar surface area (TPSA) is 66.5 Å². The van der Waals surface area contributed by atoms with Crippen LogP contribution < -0.4 is 5.73 Å². The van der Waals surface area contributed by atoms with Crippen molar-refractivity contribution in [2.75, 3.05) is 6.61 Å². The monoisotopic (exact) mass is 245 g/mol. The summed E-state index contributed by atoms with van der Waals surface area (Å²) in [5, 5.41) is 17.9. The van der Waals surface area contributed by atoms with Crippen LogP contribution in [0.5, 0.6) is 0 Å². The molecule has 0 bridgehead atoms. The zero-order valence-corrected chi connectivity index (χ0v) is 8.66. The van der Waals surface area contributed by atoms with Gasteiger partial charge in [0.25, 0.3) is 0 Å². The molecule has 4 N–H and O–H groups in total. The molecule has 1 aromatic rings. The molecular formula is C9H12BrNO2. The Labute approximate surface area is 85.3 Å². The normalized spacial score (nSPS) is 12.9. The van der Waals surface area contributed by atoms with E-state index >= 15 is 0 Å². The Balaban J connectivity index is 3.05. The highest BCUT2D eigenvalue weighted by Crippen LogP contribution is 2.20. The molecule has 0 heterocycles. The molecule has 1 atom stereocenters. The van der Waals surface area contributed by atoms with Gasteiger partial charge in [-0.15, -0.1) is 0 Å². The van der Waals surface area contributed by atoms with Crippen LogP contribution in [0.25, 0.3) is 0 Å². The van der Waals surface area contributed by atoms with Gasteiger partial charge in [0.15, 0.2) is 0 Å². The lowest BCUT2D eigenvalue weighted by Gasteiger charge is -2.13. The number of aliphatic hydroxyl groups excluding tert-OH is 2. The molecule has 1 aromatic carbocycles. The van der Waals surface area contributed by atoms with Gasteiger partial charge in [-0.05, 0) is 23.3 Å². The van der Waals surface area contributed by atoms with Crippen LogP contribution in [-0.4, -0.2) is 16.8 Å². The third kappa shape index (κ3) is 2.51. The second-order valence-corrected chi connectivity index (χ2v) is 3.71. The first-order chi connectivity index (χ1) is 6.19. The van der Waals surface area contributed by atoms with Crippen LogP contribution in [0.1, 0.15) is 17.2 Å². The van der Waals surface area contributed by atoms with E-state index in [4.69, 9.17) is 15.9 Å². The number of halogens is 1. The Morgan fingerprint density at radius 2 is 2.08 bits per heavy atom. The third-order valence-corrected chi connectivity index (χ3v) is 2.36. The Hall–Kier alpha value is -0.420. The lowest BCUT2D eigenvalue weighted by atomic mass is 10.0. The summed E-state index contributed by atoms with van der Waals surface area (Å²) in [5.41, 5.74) is 7.18. The Morgan fingerprint density at radius 3 is 2.62 bits per heavy atom. The van der Waals surface area contributed by atoms with Crippen molar-refractivity contribution in [1.29, 1.82) is 0 Å². The van der Waals surface area contributed by atoms with Gasteiger partial charge in [-0.2, -0.15) is 0 Å². The number of rotatable bonds is 3. The van der Waals surface area contributed by atoms with E-state index in [2.05, 4.69) is 15.9 Å². The van der Waals surface area contributed by atoms with E-state index in [0.29, 0.717) is 0 Å². The molecule has 0 fully saturated rings. The number of hydrogen-bond acceptors (Lipinski definition) is 3. The van der Waals surface area contributed by atoms with Crippen LogP contribution in [0.15, 0.2) is 22.7 Å². The SMILES string of the molecule is N[C@@H](CO)c1ccc(Br)cc1CO. The van der Waals surface area contributed by atoms with Crippen LogP contribution in [0.2, 0.25) is 0 Å². The van der Waals surface area contributed by atoms with Gasteiger partial charge in [-0.25, -0.2) is 0 Å². The molecule has 0 aliphatic carbocycles. The van der Waals surface area contributed by atoms with Crippen molar-refractivity contribution in [2.24, 2.45) is 5.73 Å². The summed E-state index contributed by atoms with van der Waals surface area (Å²) >= 11 is 3.29. The Kier molecular flexibility index (Phi) is 3.87. The molecule has 0 aromatic heterocycles. The highest BCUT2D eigenvalue weighted by Gasteiger charge is 2.09. The van der Waals surface area contributed by atoms with Crippen LogP contribution in [-0.2, 0) is 6.61 Å². The quantitative estimate of drug-likeness (QED) is 0.743. The lowest BCUT2D eigenvalue weighted by Crippen LogP contribution is -2.16. The van der Waals surface area contributed by atoms with Crippen LogP contribution in [0.3, 0.4) is 0 Å². The molecule has 0 amide bonds. The van der Waals surface area contributed by atoms with Gasteiger partial charge in [0.2, 0.25) is 0 Å². The van der Waals surface area contributed by atoms with Gasteiger partial charge in [-0.3, -0.25) is 0 Å². The van der Waals surface area contributed by atoms with Gasteiger partial charge < -0.3 is 15.9 Å². The van der Waals surface area contributed by atoms with Gasteiger partial charge in [-0.1, -0.05) is 22.0 Å². The fourth-order valence-electron chi connectivity index (χ4n) is 1.17. The molecule has 4 heteroatoms. The summed E-state index contributed by atoms with van der Waals surface area (Å²) in [6.45, 7) is -0.183. The van der Waals surface area contributed by atoms with Gasteiger partial charge in [0.05, 0.1) is 19.3 Å². The van der Waals surface area contributed by atoms with Crippen LogP contribution in [0.4, 0.5) is 0 Å². The van der Waals surface area contributed by atoms with Crippen molar-refractivity contribution in [3.05, 3.63) is 33.8 Å². The molecule has 0 spiro atoms. The highest BCUT2D eigenvalue weighted by atomic mass is 79.9. The first-order valence-corrected chi connectivity index (χ1v) is 4.74. The summed E-state index contributed by atoms with van der Waals surface area (Å²) in [7, 11) is 0. The summed E-state index contributed by atoms with van der Waals surface area (Å²) in [4.78, 5) is 0. The maximum atomic E-state index is 9.03. The van der Waals surface area contributed by atoms with Crippen molar-refractivity contribution >= 4 is 15.9 Å². The Bertz CT molecular complexity index is 291. The lowest BCUT2D eigenvalue weighted by molar-refractivity contribution is 0.259. The van der Waals surface area contributed by atoms with Gasteiger partial charge in [0, 0.05) is 4.47 Å². The largest absolute Gasteiger partial charge is 0.394 e. The first-order valence-electron chi connectivity index (χ1n) is 3.94.